The van der Waals surface area contributed by atoms with E-state index in [1.54, 1.807) is 0 Å². The summed E-state index contributed by atoms with van der Waals surface area (Å²) >= 11 is 0. The Morgan fingerprint density at radius 3 is 0.400 bits per heavy atom. The van der Waals surface area contributed by atoms with Crippen molar-refractivity contribution in [2.45, 2.75) is 0 Å². The summed E-state index contributed by atoms with van der Waals surface area (Å²) in [7, 11) is 0. The van der Waals surface area contributed by atoms with Crippen LogP contribution in [0.25, 0.3) is 0 Å². The molecule has 0 saturated heterocycles. The van der Waals surface area contributed by atoms with Gasteiger partial charge in [0, 0.05) is 0 Å². The minimum atomic E-state index is 0. The second-order valence-corrected chi connectivity index (χ2v) is 0. The predicted octanol–water partition coefficient (Wildman–Crippen LogP) is 0.771. The fourth-order valence-corrected chi connectivity index (χ4v) is 0. The van der Waals surface area contributed by atoms with Crippen LogP contribution in [0.15, 0.2) is 0 Å². The van der Waals surface area contributed by atoms with Crippen LogP contribution in [0.5, 0.6) is 0 Å². The van der Waals surface area contributed by atoms with Crippen LogP contribution in [0.1, 0.15) is 0 Å². The molecule has 0 amide bonds. The zero-order valence-electron chi connectivity index (χ0n) is 1.63. The Bertz CT molecular complexity index is 3.61. The molecule has 0 unspecified atom stereocenters. The van der Waals surface area contributed by atoms with Gasteiger partial charge in [-0.1, -0.05) is 0 Å². The first-order valence-corrected chi connectivity index (χ1v) is 0. The molecule has 0 saturated carbocycles. The quantitative estimate of drug-likeness (QED) is 0.455. The van der Waals surface area contributed by atoms with Crippen LogP contribution in [-0.2, 0) is 0 Å². The molecule has 0 bridgehead atoms. The van der Waals surface area contributed by atoms with E-state index in [1.807, 2.05) is 0 Å². The Morgan fingerprint density at radius 2 is 0.400 bits per heavy atom. The van der Waals surface area contributed by atoms with Crippen LogP contribution in [0, 0.1) is 0 Å². The Hall–Kier alpha value is 1.33. The number of halogens is 4. The molecule has 0 nitrogen and oxygen atoms in total. The van der Waals surface area contributed by atoms with Gasteiger partial charge in [0.2, 0.25) is 0 Å². The second-order valence-electron chi connectivity index (χ2n) is 0. The molecule has 0 atom stereocenters. The molecule has 0 aromatic rings. The van der Waals surface area contributed by atoms with E-state index in [9.17, 15) is 0 Å². The predicted molar refractivity (Wildman–Crippen MR) is 37.5 cm³/mol. The number of rotatable bonds is 0. The molecule has 0 aromatic carbocycles. The average Bonchev–Trinajstić information content (AvgIpc) is 0. The van der Waals surface area contributed by atoms with Crippen LogP contribution in [0.4, 0.5) is 0 Å². The molecule has 0 aliphatic carbocycles. The van der Waals surface area contributed by atoms with Crippen molar-refractivity contribution in [2.75, 3.05) is 0 Å². The molecule has 0 rings (SSSR count). The first-order valence-electron chi connectivity index (χ1n) is 0. The van der Waals surface area contributed by atoms with Gasteiger partial charge in [-0.05, 0) is 0 Å². The van der Waals surface area contributed by atoms with Crippen LogP contribution in [-0.4, -0.2) is 10.1 Å². The van der Waals surface area contributed by atoms with E-state index in [2.05, 4.69) is 0 Å². The second kappa shape index (κ2) is 56.6. The van der Waals surface area contributed by atoms with Crippen molar-refractivity contribution >= 4 is 59.7 Å². The first kappa shape index (κ1) is 102. The molecule has 0 radical (unpaired) electrons. The summed E-state index contributed by atoms with van der Waals surface area (Å²) in [5.41, 5.74) is 0. The van der Waals surface area contributed by atoms with Crippen molar-refractivity contribution in [3.63, 3.8) is 0 Å². The minimum absolute atomic E-state index is 0. The summed E-state index contributed by atoms with van der Waals surface area (Å²) < 4.78 is 0. The molecule has 0 aliphatic heterocycles. The van der Waals surface area contributed by atoms with Crippen molar-refractivity contribution in [1.29, 1.82) is 0 Å². The van der Waals surface area contributed by atoms with Crippen LogP contribution >= 0.6 is 49.6 Å². The molecule has 5 heteroatoms. The third kappa shape index (κ3) is 33.4. The number of hydrogen-bond acceptors (Lipinski definition) is 0. The summed E-state index contributed by atoms with van der Waals surface area (Å²) in [6, 6.07) is 0. The fourth-order valence-electron chi connectivity index (χ4n) is 0. The summed E-state index contributed by atoms with van der Waals surface area (Å²) in [4.78, 5) is 0. The zero-order valence-corrected chi connectivity index (χ0v) is 4.90. The van der Waals surface area contributed by atoms with Crippen LogP contribution in [0.2, 0.25) is 0 Å². The molecule has 0 aromatic heterocycles. The normalized spacial score (nSPS) is 0. The van der Waals surface area contributed by atoms with E-state index >= 15 is 0 Å². The molecule has 0 heterocycles. The first-order chi connectivity index (χ1) is 0. The van der Waals surface area contributed by atoms with Gasteiger partial charge in [-0.15, -0.1) is 49.6 Å². The van der Waals surface area contributed by atoms with E-state index in [0.29, 0.717) is 0 Å². The standard InChI is InChI=1S/Be.4ClH.2H/h;4*1H;;. The monoisotopic (exact) mass is 155 g/mol. The van der Waals surface area contributed by atoms with E-state index in [-0.39, 0.29) is 59.7 Å². The van der Waals surface area contributed by atoms with Gasteiger partial charge in [-0.2, -0.15) is 0 Å². The molecule has 0 N–H and O–H groups in total. The van der Waals surface area contributed by atoms with Crippen LogP contribution < -0.4 is 0 Å². The molecular weight excluding hydrogens is 151 g/mol. The maximum absolute atomic E-state index is 0. The number of hydrogen-bond donors (Lipinski definition) is 0. The van der Waals surface area contributed by atoms with Gasteiger partial charge in [0.1, 0.15) is 0 Å². The van der Waals surface area contributed by atoms with E-state index < -0.39 is 0 Å². The molecule has 36 valence electrons. The van der Waals surface area contributed by atoms with E-state index in [4.69, 9.17) is 0 Å². The van der Waals surface area contributed by atoms with Gasteiger partial charge in [-0.3, -0.25) is 0 Å². The van der Waals surface area contributed by atoms with Gasteiger partial charge in [0.15, 0.2) is 0 Å². The van der Waals surface area contributed by atoms with E-state index in [1.165, 1.54) is 0 Å². The Morgan fingerprint density at radius 1 is 0.400 bits per heavy atom. The van der Waals surface area contributed by atoms with Crippen molar-refractivity contribution < 1.29 is 0 Å². The van der Waals surface area contributed by atoms with Gasteiger partial charge < -0.3 is 0 Å². The molecule has 5 heavy (non-hydrogen) atoms. The zero-order chi connectivity index (χ0) is 0. The molecular formula is H6BeCl4. The van der Waals surface area contributed by atoms with Crippen molar-refractivity contribution in [2.24, 2.45) is 0 Å². The fraction of sp³-hybridized carbons (Fsp3) is 0. The third-order valence-corrected chi connectivity index (χ3v) is 0. The Balaban J connectivity index is 0. The molecule has 0 spiro atoms. The summed E-state index contributed by atoms with van der Waals surface area (Å²) in [5, 5.41) is 0. The average molecular weight is 157 g/mol. The van der Waals surface area contributed by atoms with Gasteiger partial charge in [0.05, 0.1) is 0 Å². The van der Waals surface area contributed by atoms with Crippen molar-refractivity contribution in [1.82, 2.24) is 0 Å². The van der Waals surface area contributed by atoms with Crippen LogP contribution in [0.3, 0.4) is 0 Å². The van der Waals surface area contributed by atoms with Crippen molar-refractivity contribution in [3.05, 3.63) is 0 Å². The van der Waals surface area contributed by atoms with Gasteiger partial charge in [0.25, 0.3) is 0 Å². The Kier molecular flexibility index (Phi) is 1150. The third-order valence-electron chi connectivity index (χ3n) is 0. The maximum atomic E-state index is 0. The summed E-state index contributed by atoms with van der Waals surface area (Å²) in [6.45, 7) is 0. The Labute approximate surface area is 59.9 Å². The van der Waals surface area contributed by atoms with Gasteiger partial charge in [-0.25, -0.2) is 0 Å². The van der Waals surface area contributed by atoms with E-state index in [0.717, 1.165) is 0 Å². The summed E-state index contributed by atoms with van der Waals surface area (Å²) in [5.74, 6) is 0. The molecule has 0 fully saturated rings. The van der Waals surface area contributed by atoms with Gasteiger partial charge >= 0.3 is 10.1 Å². The topological polar surface area (TPSA) is 0 Å². The molecule has 0 aliphatic rings. The summed E-state index contributed by atoms with van der Waals surface area (Å²) in [6.07, 6.45) is 0. The SMILES string of the molecule is Cl.Cl.Cl.Cl.[BeH2]. The van der Waals surface area contributed by atoms with Crippen molar-refractivity contribution in [3.8, 4) is 0 Å².